The molecule has 1 fully saturated rings. The molecule has 24 heavy (non-hydrogen) atoms. The Kier molecular flexibility index (Phi) is 5.25. The van der Waals surface area contributed by atoms with E-state index in [4.69, 9.17) is 0 Å². The molecule has 6 heteroatoms. The van der Waals surface area contributed by atoms with E-state index < -0.39 is 0 Å². The van der Waals surface area contributed by atoms with Gasteiger partial charge in [0, 0.05) is 30.3 Å². The molecule has 1 aromatic carbocycles. The second-order valence-corrected chi connectivity index (χ2v) is 6.46. The maximum absolute atomic E-state index is 12.3. The summed E-state index contributed by atoms with van der Waals surface area (Å²) in [6.07, 6.45) is 3.84. The zero-order chi connectivity index (χ0) is 16.9. The van der Waals surface area contributed by atoms with Crippen molar-refractivity contribution >= 4 is 5.91 Å². The van der Waals surface area contributed by atoms with Gasteiger partial charge in [-0.2, -0.15) is 5.10 Å². The van der Waals surface area contributed by atoms with Gasteiger partial charge in [-0.3, -0.25) is 14.8 Å². The molecule has 1 saturated heterocycles. The van der Waals surface area contributed by atoms with Crippen LogP contribution in [0.1, 0.15) is 42.4 Å². The number of aromatic nitrogens is 3. The van der Waals surface area contributed by atoms with Crippen LogP contribution in [0.3, 0.4) is 0 Å². The maximum atomic E-state index is 12.3. The van der Waals surface area contributed by atoms with Crippen LogP contribution in [0.15, 0.2) is 24.3 Å². The third-order valence-corrected chi connectivity index (χ3v) is 4.63. The summed E-state index contributed by atoms with van der Waals surface area (Å²) < 4.78 is 0. The third kappa shape index (κ3) is 4.00. The van der Waals surface area contributed by atoms with Crippen LogP contribution in [0.5, 0.6) is 0 Å². The van der Waals surface area contributed by atoms with Crippen molar-refractivity contribution in [1.29, 1.82) is 0 Å². The van der Waals surface area contributed by atoms with Crippen LogP contribution >= 0.6 is 0 Å². The van der Waals surface area contributed by atoms with Crippen molar-refractivity contribution in [3.63, 3.8) is 0 Å². The number of nitrogens with zero attached hydrogens (tertiary/aromatic N) is 3. The first-order valence-electron chi connectivity index (χ1n) is 8.65. The number of hydrogen-bond donors (Lipinski definition) is 2. The molecule has 2 aromatic rings. The molecule has 3 rings (SSSR count). The van der Waals surface area contributed by atoms with E-state index in [0.717, 1.165) is 24.5 Å². The molecule has 0 aliphatic carbocycles. The first-order chi connectivity index (χ1) is 11.6. The summed E-state index contributed by atoms with van der Waals surface area (Å²) in [6.45, 7) is 6.88. The van der Waals surface area contributed by atoms with Gasteiger partial charge in [0.15, 0.2) is 5.82 Å². The first-order valence-corrected chi connectivity index (χ1v) is 8.65. The van der Waals surface area contributed by atoms with Crippen LogP contribution in [-0.2, 0) is 0 Å². The van der Waals surface area contributed by atoms with Crippen LogP contribution in [0, 0.1) is 6.92 Å². The number of hydrogen-bond acceptors (Lipinski definition) is 4. The summed E-state index contributed by atoms with van der Waals surface area (Å²) in [5.74, 6) is 1.40. The first kappa shape index (κ1) is 16.6. The van der Waals surface area contributed by atoms with E-state index in [1.165, 1.54) is 19.3 Å². The highest BCUT2D eigenvalue weighted by atomic mass is 16.1. The van der Waals surface area contributed by atoms with Crippen LogP contribution in [0.2, 0.25) is 0 Å². The zero-order valence-electron chi connectivity index (χ0n) is 14.4. The monoisotopic (exact) mass is 327 g/mol. The van der Waals surface area contributed by atoms with Crippen LogP contribution in [-0.4, -0.2) is 51.7 Å². The molecule has 0 spiro atoms. The molecule has 128 valence electrons. The predicted molar refractivity (Wildman–Crippen MR) is 93.8 cm³/mol. The number of amides is 1. The maximum Gasteiger partial charge on any atom is 0.251 e. The minimum atomic E-state index is -0.0302. The fourth-order valence-electron chi connectivity index (χ4n) is 3.15. The largest absolute Gasteiger partial charge is 0.351 e. The van der Waals surface area contributed by atoms with Gasteiger partial charge in [0.1, 0.15) is 5.82 Å². The minimum absolute atomic E-state index is 0.0302. The molecule has 1 atom stereocenters. The van der Waals surface area contributed by atoms with E-state index in [1.807, 2.05) is 31.2 Å². The average molecular weight is 327 g/mol. The van der Waals surface area contributed by atoms with Gasteiger partial charge < -0.3 is 5.32 Å². The molecule has 0 bridgehead atoms. The zero-order valence-corrected chi connectivity index (χ0v) is 14.4. The molecule has 0 radical (unpaired) electrons. The Hall–Kier alpha value is -2.21. The van der Waals surface area contributed by atoms with E-state index >= 15 is 0 Å². The third-order valence-electron chi connectivity index (χ3n) is 4.63. The number of likely N-dealkylation sites (tertiary alicyclic amines) is 1. The summed E-state index contributed by atoms with van der Waals surface area (Å²) in [5.41, 5.74) is 1.57. The van der Waals surface area contributed by atoms with Gasteiger partial charge in [-0.15, -0.1) is 0 Å². The van der Waals surface area contributed by atoms with Crippen molar-refractivity contribution < 1.29 is 4.79 Å². The summed E-state index contributed by atoms with van der Waals surface area (Å²) in [5, 5.41) is 9.96. The number of carbonyl (C=O) groups is 1. The van der Waals surface area contributed by atoms with Crippen molar-refractivity contribution in [3.05, 3.63) is 35.7 Å². The van der Waals surface area contributed by atoms with E-state index in [-0.39, 0.29) is 5.91 Å². The van der Waals surface area contributed by atoms with E-state index in [0.29, 0.717) is 24.0 Å². The molecular formula is C18H25N5O. The number of aryl methyl sites for hydroxylation is 1. The molecule has 1 amide bonds. The predicted octanol–water partition coefficient (Wildman–Crippen LogP) is 2.38. The number of H-pyrrole nitrogens is 1. The number of aromatic amines is 1. The number of benzene rings is 1. The molecule has 1 aliphatic heterocycles. The van der Waals surface area contributed by atoms with Gasteiger partial charge in [0.05, 0.1) is 0 Å². The fourth-order valence-corrected chi connectivity index (χ4v) is 3.15. The Balaban J connectivity index is 1.51. The van der Waals surface area contributed by atoms with Crippen LogP contribution < -0.4 is 5.32 Å². The summed E-state index contributed by atoms with van der Waals surface area (Å²) in [7, 11) is 0. The lowest BCUT2D eigenvalue weighted by Gasteiger charge is -2.33. The number of carbonyl (C=O) groups excluding carboxylic acids is 1. The average Bonchev–Trinajstić information content (AvgIpc) is 3.03. The molecule has 0 saturated carbocycles. The number of piperidine rings is 1. The van der Waals surface area contributed by atoms with E-state index in [1.54, 1.807) is 0 Å². The van der Waals surface area contributed by atoms with E-state index in [9.17, 15) is 4.79 Å². The lowest BCUT2D eigenvalue weighted by molar-refractivity contribution is 0.0938. The van der Waals surface area contributed by atoms with Gasteiger partial charge in [0.25, 0.3) is 5.91 Å². The van der Waals surface area contributed by atoms with Crippen molar-refractivity contribution in [2.24, 2.45) is 0 Å². The molecule has 2 heterocycles. The topological polar surface area (TPSA) is 73.9 Å². The Morgan fingerprint density at radius 1 is 1.33 bits per heavy atom. The van der Waals surface area contributed by atoms with Crippen molar-refractivity contribution in [1.82, 2.24) is 25.4 Å². The standard InChI is InChI=1S/C18H25N5O/c1-13-5-3-4-11-23(13)12-10-19-18(24)16-8-6-15(7-9-16)17-20-14(2)21-22-17/h6-9,13H,3-5,10-12H2,1-2H3,(H,19,24)(H,20,21,22). The van der Waals surface area contributed by atoms with Gasteiger partial charge >= 0.3 is 0 Å². The lowest BCUT2D eigenvalue weighted by atomic mass is 10.0. The lowest BCUT2D eigenvalue weighted by Crippen LogP contribution is -2.42. The summed E-state index contributed by atoms with van der Waals surface area (Å²) >= 11 is 0. The summed E-state index contributed by atoms with van der Waals surface area (Å²) in [4.78, 5) is 19.0. The second kappa shape index (κ2) is 7.57. The molecule has 2 N–H and O–H groups in total. The SMILES string of the molecule is Cc1nc(-c2ccc(C(=O)NCCN3CCCCC3C)cc2)n[nH]1. The summed E-state index contributed by atoms with van der Waals surface area (Å²) in [6, 6.07) is 8.02. The van der Waals surface area contributed by atoms with Crippen LogP contribution in [0.25, 0.3) is 11.4 Å². The van der Waals surface area contributed by atoms with Gasteiger partial charge in [-0.05, 0) is 45.4 Å². The normalized spacial score (nSPS) is 18.5. The van der Waals surface area contributed by atoms with Crippen LogP contribution in [0.4, 0.5) is 0 Å². The van der Waals surface area contributed by atoms with Gasteiger partial charge in [-0.25, -0.2) is 4.98 Å². The molecule has 1 aliphatic rings. The van der Waals surface area contributed by atoms with Crippen molar-refractivity contribution in [2.45, 2.75) is 39.2 Å². The van der Waals surface area contributed by atoms with E-state index in [2.05, 4.69) is 32.3 Å². The molecule has 1 unspecified atom stereocenters. The smallest absolute Gasteiger partial charge is 0.251 e. The Bertz CT molecular complexity index is 679. The number of nitrogens with one attached hydrogen (secondary N) is 2. The highest BCUT2D eigenvalue weighted by molar-refractivity contribution is 5.94. The van der Waals surface area contributed by atoms with Crippen molar-refractivity contribution in [2.75, 3.05) is 19.6 Å². The molecular weight excluding hydrogens is 302 g/mol. The fraction of sp³-hybridized carbons (Fsp3) is 0.500. The number of rotatable bonds is 5. The minimum Gasteiger partial charge on any atom is -0.351 e. The van der Waals surface area contributed by atoms with Gasteiger partial charge in [-0.1, -0.05) is 18.6 Å². The van der Waals surface area contributed by atoms with Gasteiger partial charge in [0.2, 0.25) is 0 Å². The highest BCUT2D eigenvalue weighted by Gasteiger charge is 2.17. The quantitative estimate of drug-likeness (QED) is 0.884. The second-order valence-electron chi connectivity index (χ2n) is 6.46. The highest BCUT2D eigenvalue weighted by Crippen LogP contribution is 2.16. The molecule has 1 aromatic heterocycles. The Morgan fingerprint density at radius 3 is 2.79 bits per heavy atom. The Labute approximate surface area is 142 Å². The molecule has 6 nitrogen and oxygen atoms in total. The van der Waals surface area contributed by atoms with Crippen molar-refractivity contribution in [3.8, 4) is 11.4 Å². The Morgan fingerprint density at radius 2 is 2.12 bits per heavy atom.